The number of nitrogens with one attached hydrogen (secondary N) is 2. The molecule has 3 aromatic carbocycles. The van der Waals surface area contributed by atoms with Gasteiger partial charge < -0.3 is 15.4 Å². The van der Waals surface area contributed by atoms with E-state index in [4.69, 9.17) is 4.74 Å². The third kappa shape index (κ3) is 5.91. The zero-order valence-corrected chi connectivity index (χ0v) is 16.5. The van der Waals surface area contributed by atoms with E-state index in [1.54, 1.807) is 18.2 Å². The first-order valence-corrected chi connectivity index (χ1v) is 9.64. The highest BCUT2D eigenvalue weighted by atomic mass is 19.1. The van der Waals surface area contributed by atoms with Gasteiger partial charge >= 0.3 is 0 Å². The summed E-state index contributed by atoms with van der Waals surface area (Å²) in [5.74, 6) is -1.44. The summed E-state index contributed by atoms with van der Waals surface area (Å²) in [4.78, 5) is 25.5. The molecule has 30 heavy (non-hydrogen) atoms. The molecule has 0 spiro atoms. The number of benzene rings is 3. The van der Waals surface area contributed by atoms with E-state index in [0.29, 0.717) is 12.1 Å². The number of hydrogen-bond donors (Lipinski definition) is 2. The van der Waals surface area contributed by atoms with E-state index in [9.17, 15) is 14.0 Å². The smallest absolute Gasteiger partial charge is 0.261 e. The normalized spacial score (nSPS) is 12.5. The molecule has 0 bridgehead atoms. The highest BCUT2D eigenvalue weighted by Gasteiger charge is 2.25. The Morgan fingerprint density at radius 3 is 2.13 bits per heavy atom. The van der Waals surface area contributed by atoms with Gasteiger partial charge in [0.2, 0.25) is 5.91 Å². The average Bonchev–Trinajstić information content (AvgIpc) is 2.76. The minimum Gasteiger partial charge on any atom is -0.478 e. The van der Waals surface area contributed by atoms with Crippen LogP contribution >= 0.6 is 0 Å². The van der Waals surface area contributed by atoms with Crippen molar-refractivity contribution in [1.29, 1.82) is 0 Å². The lowest BCUT2D eigenvalue weighted by atomic mass is 10.0. The molecule has 3 rings (SSSR count). The van der Waals surface area contributed by atoms with Crippen molar-refractivity contribution in [2.75, 3.05) is 5.32 Å². The van der Waals surface area contributed by atoms with Crippen molar-refractivity contribution in [2.45, 2.75) is 25.5 Å². The number of anilines is 1. The van der Waals surface area contributed by atoms with Crippen LogP contribution in [0.4, 0.5) is 10.1 Å². The van der Waals surface area contributed by atoms with Crippen molar-refractivity contribution in [1.82, 2.24) is 5.32 Å². The van der Waals surface area contributed by atoms with Gasteiger partial charge in [0.05, 0.1) is 0 Å². The standard InChI is InChI=1S/C24H23FN2O3/c1-17(30-22-15-9-8-14-20(22)25)23(28)27-21(16-18-10-4-2-5-11-18)24(29)26-19-12-6-3-7-13-19/h2-15,17,21H,16H2,1H3,(H,26,29)(H,27,28). The van der Waals surface area contributed by atoms with E-state index in [0.717, 1.165) is 5.56 Å². The molecule has 3 aromatic rings. The molecular formula is C24H23FN2O3. The number of halogens is 1. The third-order valence-corrected chi connectivity index (χ3v) is 4.47. The fraction of sp³-hybridized carbons (Fsp3) is 0.167. The minimum atomic E-state index is -0.982. The van der Waals surface area contributed by atoms with Crippen LogP contribution in [0.1, 0.15) is 12.5 Å². The first-order valence-electron chi connectivity index (χ1n) is 9.64. The zero-order chi connectivity index (χ0) is 21.3. The maximum Gasteiger partial charge on any atom is 0.261 e. The summed E-state index contributed by atoms with van der Waals surface area (Å²) in [5.41, 5.74) is 1.53. The lowest BCUT2D eigenvalue weighted by Crippen LogP contribution is -2.49. The molecule has 5 nitrogen and oxygen atoms in total. The Balaban J connectivity index is 1.71. The fourth-order valence-corrected chi connectivity index (χ4v) is 2.88. The maximum absolute atomic E-state index is 13.8. The molecule has 0 heterocycles. The second-order valence-corrected chi connectivity index (χ2v) is 6.80. The van der Waals surface area contributed by atoms with Crippen LogP contribution in [0.3, 0.4) is 0 Å². The molecule has 2 atom stereocenters. The fourth-order valence-electron chi connectivity index (χ4n) is 2.88. The van der Waals surface area contributed by atoms with Gasteiger partial charge in [0, 0.05) is 12.1 Å². The number of carbonyl (C=O) groups is 2. The topological polar surface area (TPSA) is 67.4 Å². The summed E-state index contributed by atoms with van der Waals surface area (Å²) in [6.07, 6.45) is -0.679. The first-order chi connectivity index (χ1) is 14.5. The van der Waals surface area contributed by atoms with Crippen LogP contribution in [-0.2, 0) is 16.0 Å². The third-order valence-electron chi connectivity index (χ3n) is 4.47. The molecule has 0 aliphatic rings. The highest BCUT2D eigenvalue weighted by Crippen LogP contribution is 2.17. The van der Waals surface area contributed by atoms with Gasteiger partial charge in [-0.05, 0) is 36.8 Å². The SMILES string of the molecule is CC(Oc1ccccc1F)C(=O)NC(Cc1ccccc1)C(=O)Nc1ccccc1. The summed E-state index contributed by atoms with van der Waals surface area (Å²) in [5, 5.41) is 5.54. The number of rotatable bonds is 8. The monoisotopic (exact) mass is 406 g/mol. The Morgan fingerprint density at radius 1 is 0.867 bits per heavy atom. The molecule has 0 aliphatic carbocycles. The predicted molar refractivity (Wildman–Crippen MR) is 114 cm³/mol. The van der Waals surface area contributed by atoms with Gasteiger partial charge in [-0.25, -0.2) is 4.39 Å². The highest BCUT2D eigenvalue weighted by molar-refractivity contribution is 5.97. The summed E-state index contributed by atoms with van der Waals surface area (Å²) in [7, 11) is 0. The minimum absolute atomic E-state index is 0.0199. The van der Waals surface area contributed by atoms with Gasteiger partial charge in [-0.2, -0.15) is 0 Å². The number of ether oxygens (including phenoxy) is 1. The predicted octanol–water partition coefficient (Wildman–Crippen LogP) is 3.96. The van der Waals surface area contributed by atoms with Crippen molar-refractivity contribution in [3.05, 3.63) is 96.3 Å². The van der Waals surface area contributed by atoms with E-state index < -0.39 is 23.9 Å². The Kier molecular flexibility index (Phi) is 7.16. The summed E-state index contributed by atoms with van der Waals surface area (Å²) < 4.78 is 19.3. The molecule has 0 saturated carbocycles. The molecule has 0 aliphatic heterocycles. The summed E-state index contributed by atoms with van der Waals surface area (Å²) in [6.45, 7) is 1.51. The molecule has 6 heteroatoms. The molecule has 0 saturated heterocycles. The number of carbonyl (C=O) groups excluding carboxylic acids is 2. The average molecular weight is 406 g/mol. The van der Waals surface area contributed by atoms with Crippen LogP contribution in [-0.4, -0.2) is 24.0 Å². The van der Waals surface area contributed by atoms with E-state index in [2.05, 4.69) is 10.6 Å². The van der Waals surface area contributed by atoms with Crippen molar-refractivity contribution < 1.29 is 18.7 Å². The van der Waals surface area contributed by atoms with Gasteiger partial charge in [0.1, 0.15) is 6.04 Å². The molecule has 2 amide bonds. The van der Waals surface area contributed by atoms with Gasteiger partial charge in [-0.3, -0.25) is 9.59 Å². The van der Waals surface area contributed by atoms with Crippen molar-refractivity contribution in [2.24, 2.45) is 0 Å². The van der Waals surface area contributed by atoms with E-state index in [1.807, 2.05) is 48.5 Å². The van der Waals surface area contributed by atoms with Crippen LogP contribution in [0.25, 0.3) is 0 Å². The Hall–Kier alpha value is -3.67. The van der Waals surface area contributed by atoms with Gasteiger partial charge in [-0.1, -0.05) is 60.7 Å². The van der Waals surface area contributed by atoms with Crippen LogP contribution in [0.15, 0.2) is 84.9 Å². The van der Waals surface area contributed by atoms with Gasteiger partial charge in [-0.15, -0.1) is 0 Å². The number of amides is 2. The zero-order valence-electron chi connectivity index (χ0n) is 16.5. The number of para-hydroxylation sites is 2. The number of hydrogen-bond acceptors (Lipinski definition) is 3. The van der Waals surface area contributed by atoms with Crippen LogP contribution < -0.4 is 15.4 Å². The van der Waals surface area contributed by atoms with E-state index in [1.165, 1.54) is 25.1 Å². The van der Waals surface area contributed by atoms with E-state index >= 15 is 0 Å². The van der Waals surface area contributed by atoms with Crippen molar-refractivity contribution in [3.8, 4) is 5.75 Å². The first kappa shape index (κ1) is 21.0. The van der Waals surface area contributed by atoms with Crippen LogP contribution in [0, 0.1) is 5.82 Å². The lowest BCUT2D eigenvalue weighted by Gasteiger charge is -2.21. The second kappa shape index (κ2) is 10.2. The lowest BCUT2D eigenvalue weighted by molar-refractivity contribution is -0.131. The molecular weight excluding hydrogens is 383 g/mol. The molecule has 0 aromatic heterocycles. The van der Waals surface area contributed by atoms with E-state index in [-0.39, 0.29) is 11.7 Å². The maximum atomic E-state index is 13.8. The molecule has 0 radical (unpaired) electrons. The summed E-state index contributed by atoms with van der Waals surface area (Å²) >= 11 is 0. The van der Waals surface area contributed by atoms with Crippen LogP contribution in [0.2, 0.25) is 0 Å². The van der Waals surface area contributed by atoms with Gasteiger partial charge in [0.25, 0.3) is 5.91 Å². The molecule has 2 unspecified atom stereocenters. The Labute approximate surface area is 174 Å². The quantitative estimate of drug-likeness (QED) is 0.595. The Morgan fingerprint density at radius 2 is 1.47 bits per heavy atom. The van der Waals surface area contributed by atoms with Crippen molar-refractivity contribution in [3.63, 3.8) is 0 Å². The molecule has 0 fully saturated rings. The molecule has 2 N–H and O–H groups in total. The van der Waals surface area contributed by atoms with Crippen molar-refractivity contribution >= 4 is 17.5 Å². The van der Waals surface area contributed by atoms with Crippen LogP contribution in [0.5, 0.6) is 5.75 Å². The van der Waals surface area contributed by atoms with Gasteiger partial charge in [0.15, 0.2) is 17.7 Å². The Bertz CT molecular complexity index is 980. The molecule has 154 valence electrons. The second-order valence-electron chi connectivity index (χ2n) is 6.80. The largest absolute Gasteiger partial charge is 0.478 e. The summed E-state index contributed by atoms with van der Waals surface area (Å²) in [6, 6.07) is 23.4.